The van der Waals surface area contributed by atoms with Gasteiger partial charge in [-0.25, -0.2) is 9.78 Å². The Morgan fingerprint density at radius 3 is 2.81 bits per heavy atom. The SMILES string of the molecule is Cc1[nH]c2ccc(Cl)cc2c1C(=O)c1nc(C(=O)O)cs1. The molecule has 2 aromatic heterocycles. The molecule has 0 saturated carbocycles. The maximum absolute atomic E-state index is 12.6. The summed E-state index contributed by atoms with van der Waals surface area (Å²) >= 11 is 7.00. The molecule has 0 spiro atoms. The topological polar surface area (TPSA) is 83.0 Å². The quantitative estimate of drug-likeness (QED) is 0.723. The molecule has 3 aromatic rings. The number of aromatic nitrogens is 2. The number of carbonyl (C=O) groups is 2. The van der Waals surface area contributed by atoms with Crippen molar-refractivity contribution in [2.24, 2.45) is 0 Å². The standard InChI is InChI=1S/C14H9ClN2O3S/c1-6-11(8-4-7(15)2-3-9(8)16-6)12(18)13-17-10(5-21-13)14(19)20/h2-5,16H,1H3,(H,19,20). The molecule has 0 amide bonds. The molecule has 106 valence electrons. The molecular formula is C14H9ClN2O3S. The summed E-state index contributed by atoms with van der Waals surface area (Å²) < 4.78 is 0. The van der Waals surface area contributed by atoms with E-state index in [-0.39, 0.29) is 16.5 Å². The Bertz CT molecular complexity index is 882. The van der Waals surface area contributed by atoms with E-state index < -0.39 is 5.97 Å². The van der Waals surface area contributed by atoms with Crippen LogP contribution in [0.1, 0.15) is 31.5 Å². The fraction of sp³-hybridized carbons (Fsp3) is 0.0714. The van der Waals surface area contributed by atoms with Gasteiger partial charge in [-0.1, -0.05) is 11.6 Å². The lowest BCUT2D eigenvalue weighted by atomic mass is 10.1. The molecule has 0 aliphatic heterocycles. The number of aromatic carboxylic acids is 1. The summed E-state index contributed by atoms with van der Waals surface area (Å²) in [6, 6.07) is 5.24. The Kier molecular flexibility index (Phi) is 3.27. The Balaban J connectivity index is 2.14. The van der Waals surface area contributed by atoms with Crippen LogP contribution in [0.3, 0.4) is 0 Å². The highest BCUT2D eigenvalue weighted by Gasteiger charge is 2.22. The number of carbonyl (C=O) groups excluding carboxylic acids is 1. The van der Waals surface area contributed by atoms with Gasteiger partial charge in [-0.05, 0) is 25.1 Å². The smallest absolute Gasteiger partial charge is 0.355 e. The van der Waals surface area contributed by atoms with Gasteiger partial charge in [0, 0.05) is 27.0 Å². The van der Waals surface area contributed by atoms with Crippen LogP contribution in [-0.4, -0.2) is 26.8 Å². The number of hydrogen-bond acceptors (Lipinski definition) is 4. The number of fused-ring (bicyclic) bond motifs is 1. The molecule has 2 N–H and O–H groups in total. The van der Waals surface area contributed by atoms with Crippen molar-refractivity contribution < 1.29 is 14.7 Å². The molecule has 2 heterocycles. The number of ketones is 1. The van der Waals surface area contributed by atoms with Crippen LogP contribution >= 0.6 is 22.9 Å². The number of hydrogen-bond donors (Lipinski definition) is 2. The zero-order valence-corrected chi connectivity index (χ0v) is 12.4. The molecule has 5 nitrogen and oxygen atoms in total. The third kappa shape index (κ3) is 2.32. The van der Waals surface area contributed by atoms with Crippen LogP contribution in [0, 0.1) is 6.92 Å². The lowest BCUT2D eigenvalue weighted by Gasteiger charge is -1.98. The van der Waals surface area contributed by atoms with Crippen molar-refractivity contribution in [3.63, 3.8) is 0 Å². The number of aromatic amines is 1. The Morgan fingerprint density at radius 1 is 1.38 bits per heavy atom. The van der Waals surface area contributed by atoms with Crippen molar-refractivity contribution in [1.29, 1.82) is 0 Å². The molecule has 0 saturated heterocycles. The molecule has 0 aliphatic carbocycles. The summed E-state index contributed by atoms with van der Waals surface area (Å²) in [5.74, 6) is -1.46. The number of carboxylic acid groups (broad SMARTS) is 1. The first-order chi connectivity index (χ1) is 9.97. The maximum Gasteiger partial charge on any atom is 0.355 e. The van der Waals surface area contributed by atoms with Crippen molar-refractivity contribution in [3.05, 3.63) is 50.6 Å². The predicted octanol–water partition coefficient (Wildman–Crippen LogP) is 3.52. The number of benzene rings is 1. The van der Waals surface area contributed by atoms with Gasteiger partial charge in [0.2, 0.25) is 5.78 Å². The summed E-state index contributed by atoms with van der Waals surface area (Å²) in [6.07, 6.45) is 0. The molecule has 0 fully saturated rings. The minimum Gasteiger partial charge on any atom is -0.476 e. The van der Waals surface area contributed by atoms with E-state index in [0.717, 1.165) is 16.9 Å². The van der Waals surface area contributed by atoms with Gasteiger partial charge in [0.15, 0.2) is 10.7 Å². The lowest BCUT2D eigenvalue weighted by Crippen LogP contribution is -2.04. The number of rotatable bonds is 3. The highest BCUT2D eigenvalue weighted by atomic mass is 35.5. The van der Waals surface area contributed by atoms with Gasteiger partial charge in [0.05, 0.1) is 5.56 Å². The van der Waals surface area contributed by atoms with E-state index in [0.29, 0.717) is 21.7 Å². The minimum atomic E-state index is -1.15. The molecule has 0 atom stereocenters. The van der Waals surface area contributed by atoms with Crippen LogP contribution in [0.2, 0.25) is 5.02 Å². The van der Waals surface area contributed by atoms with Gasteiger partial charge in [-0.15, -0.1) is 11.3 Å². The summed E-state index contributed by atoms with van der Waals surface area (Å²) in [4.78, 5) is 30.4. The van der Waals surface area contributed by atoms with Crippen molar-refractivity contribution in [1.82, 2.24) is 9.97 Å². The minimum absolute atomic E-state index is 0.126. The molecule has 0 bridgehead atoms. The van der Waals surface area contributed by atoms with Crippen molar-refractivity contribution >= 4 is 45.6 Å². The zero-order chi connectivity index (χ0) is 15.1. The van der Waals surface area contributed by atoms with Gasteiger partial charge in [-0.2, -0.15) is 0 Å². The summed E-state index contributed by atoms with van der Waals surface area (Å²) in [5, 5.41) is 11.6. The first-order valence-electron chi connectivity index (χ1n) is 5.98. The second-order valence-corrected chi connectivity index (χ2v) is 5.78. The summed E-state index contributed by atoms with van der Waals surface area (Å²) in [6.45, 7) is 1.78. The number of nitrogens with one attached hydrogen (secondary N) is 1. The lowest BCUT2D eigenvalue weighted by molar-refractivity contribution is 0.0691. The van der Waals surface area contributed by atoms with Crippen LogP contribution in [0.15, 0.2) is 23.6 Å². The monoisotopic (exact) mass is 320 g/mol. The van der Waals surface area contributed by atoms with Crippen LogP contribution < -0.4 is 0 Å². The van der Waals surface area contributed by atoms with Crippen molar-refractivity contribution in [3.8, 4) is 0 Å². The first kappa shape index (κ1) is 13.8. The summed E-state index contributed by atoms with van der Waals surface area (Å²) in [7, 11) is 0. The molecular weight excluding hydrogens is 312 g/mol. The van der Waals surface area contributed by atoms with Gasteiger partial charge in [0.1, 0.15) is 0 Å². The first-order valence-corrected chi connectivity index (χ1v) is 7.24. The van der Waals surface area contributed by atoms with Crippen LogP contribution in [0.4, 0.5) is 0 Å². The highest BCUT2D eigenvalue weighted by molar-refractivity contribution is 7.12. The van der Waals surface area contributed by atoms with Gasteiger partial charge >= 0.3 is 5.97 Å². The van der Waals surface area contributed by atoms with E-state index in [4.69, 9.17) is 16.7 Å². The van der Waals surface area contributed by atoms with Crippen LogP contribution in [0.25, 0.3) is 10.9 Å². The number of nitrogens with zero attached hydrogens (tertiary/aromatic N) is 1. The van der Waals surface area contributed by atoms with Crippen LogP contribution in [0.5, 0.6) is 0 Å². The highest BCUT2D eigenvalue weighted by Crippen LogP contribution is 2.28. The number of carboxylic acids is 1. The molecule has 0 aliphatic rings. The van der Waals surface area contributed by atoms with Crippen molar-refractivity contribution in [2.75, 3.05) is 0 Å². The van der Waals surface area contributed by atoms with E-state index in [1.165, 1.54) is 5.38 Å². The van der Waals surface area contributed by atoms with Gasteiger partial charge in [0.25, 0.3) is 0 Å². The van der Waals surface area contributed by atoms with E-state index in [2.05, 4.69) is 9.97 Å². The molecule has 0 unspecified atom stereocenters. The normalized spacial score (nSPS) is 11.0. The Labute approximate surface area is 128 Å². The number of thiazole rings is 1. The molecule has 0 radical (unpaired) electrons. The molecule has 3 rings (SSSR count). The Hall–Kier alpha value is -2.18. The van der Waals surface area contributed by atoms with Crippen molar-refractivity contribution in [2.45, 2.75) is 6.92 Å². The van der Waals surface area contributed by atoms with E-state index in [1.54, 1.807) is 25.1 Å². The maximum atomic E-state index is 12.6. The molecule has 7 heteroatoms. The number of halogens is 1. The Morgan fingerprint density at radius 2 is 2.14 bits per heavy atom. The molecule has 1 aromatic carbocycles. The van der Waals surface area contributed by atoms with E-state index in [1.807, 2.05) is 0 Å². The second-order valence-electron chi connectivity index (χ2n) is 4.49. The number of H-pyrrole nitrogens is 1. The second kappa shape index (κ2) is 4.98. The largest absolute Gasteiger partial charge is 0.476 e. The third-order valence-electron chi connectivity index (χ3n) is 3.09. The third-order valence-corrected chi connectivity index (χ3v) is 4.17. The van der Waals surface area contributed by atoms with E-state index in [9.17, 15) is 9.59 Å². The average molecular weight is 321 g/mol. The fourth-order valence-electron chi connectivity index (χ4n) is 2.17. The van der Waals surface area contributed by atoms with Gasteiger partial charge < -0.3 is 10.1 Å². The van der Waals surface area contributed by atoms with E-state index >= 15 is 0 Å². The zero-order valence-electron chi connectivity index (χ0n) is 10.8. The number of aryl methyl sites for hydroxylation is 1. The predicted molar refractivity (Wildman–Crippen MR) is 80.6 cm³/mol. The average Bonchev–Trinajstić information content (AvgIpc) is 3.02. The van der Waals surface area contributed by atoms with Gasteiger partial charge in [-0.3, -0.25) is 4.79 Å². The summed E-state index contributed by atoms with van der Waals surface area (Å²) in [5.41, 5.74) is 1.84. The fourth-order valence-corrected chi connectivity index (χ4v) is 3.08. The van der Waals surface area contributed by atoms with Crippen LogP contribution in [-0.2, 0) is 0 Å². The molecule has 21 heavy (non-hydrogen) atoms.